The first kappa shape index (κ1) is 14.5. The quantitative estimate of drug-likeness (QED) is 0.817. The van der Waals surface area contributed by atoms with Crippen molar-refractivity contribution in [2.75, 3.05) is 33.4 Å². The Labute approximate surface area is 116 Å². The van der Waals surface area contributed by atoms with Gasteiger partial charge in [-0.3, -0.25) is 4.90 Å². The molecule has 0 radical (unpaired) electrons. The van der Waals surface area contributed by atoms with Crippen LogP contribution >= 0.6 is 0 Å². The Bertz CT molecular complexity index is 349. The van der Waals surface area contributed by atoms with E-state index in [4.69, 9.17) is 4.74 Å². The maximum absolute atomic E-state index is 5.26. The molecule has 1 N–H and O–H groups in total. The molecule has 0 aromatic heterocycles. The van der Waals surface area contributed by atoms with Gasteiger partial charge in [0.15, 0.2) is 0 Å². The first-order valence-corrected chi connectivity index (χ1v) is 7.32. The SMILES string of the molecule is COCCN(CC1CCCN1)C(C)c1ccccc1. The van der Waals surface area contributed by atoms with Crippen molar-refractivity contribution in [3.05, 3.63) is 35.9 Å². The van der Waals surface area contributed by atoms with Crippen LogP contribution in [-0.4, -0.2) is 44.3 Å². The van der Waals surface area contributed by atoms with Crippen LogP contribution in [0.25, 0.3) is 0 Å². The lowest BCUT2D eigenvalue weighted by Crippen LogP contribution is -2.40. The van der Waals surface area contributed by atoms with Crippen LogP contribution in [0.15, 0.2) is 30.3 Å². The predicted octanol–water partition coefficient (Wildman–Crippen LogP) is 2.45. The van der Waals surface area contributed by atoms with E-state index in [1.807, 2.05) is 0 Å². The minimum Gasteiger partial charge on any atom is -0.383 e. The number of hydrogen-bond acceptors (Lipinski definition) is 3. The van der Waals surface area contributed by atoms with E-state index >= 15 is 0 Å². The van der Waals surface area contributed by atoms with E-state index in [-0.39, 0.29) is 0 Å². The van der Waals surface area contributed by atoms with E-state index in [1.165, 1.54) is 24.9 Å². The highest BCUT2D eigenvalue weighted by atomic mass is 16.5. The van der Waals surface area contributed by atoms with Crippen LogP contribution < -0.4 is 5.32 Å². The summed E-state index contributed by atoms with van der Waals surface area (Å²) < 4.78 is 5.26. The van der Waals surface area contributed by atoms with Crippen LogP contribution in [0, 0.1) is 0 Å². The monoisotopic (exact) mass is 262 g/mol. The smallest absolute Gasteiger partial charge is 0.0589 e. The average Bonchev–Trinajstić information content (AvgIpc) is 2.96. The van der Waals surface area contributed by atoms with Crippen molar-refractivity contribution >= 4 is 0 Å². The first-order chi connectivity index (χ1) is 9.31. The zero-order valence-corrected chi connectivity index (χ0v) is 12.1. The number of ether oxygens (including phenoxy) is 1. The van der Waals surface area contributed by atoms with Crippen molar-refractivity contribution in [2.24, 2.45) is 0 Å². The second-order valence-corrected chi connectivity index (χ2v) is 5.37. The van der Waals surface area contributed by atoms with Crippen LogP contribution in [0.2, 0.25) is 0 Å². The summed E-state index contributed by atoms with van der Waals surface area (Å²) in [6.45, 7) is 6.36. The zero-order chi connectivity index (χ0) is 13.5. The Morgan fingerprint density at radius 1 is 1.37 bits per heavy atom. The molecule has 1 aromatic carbocycles. The lowest BCUT2D eigenvalue weighted by molar-refractivity contribution is 0.118. The fourth-order valence-corrected chi connectivity index (χ4v) is 2.79. The summed E-state index contributed by atoms with van der Waals surface area (Å²) in [5.74, 6) is 0. The third-order valence-corrected chi connectivity index (χ3v) is 4.03. The van der Waals surface area contributed by atoms with Crippen LogP contribution in [0.3, 0.4) is 0 Å². The molecule has 0 spiro atoms. The Morgan fingerprint density at radius 3 is 2.79 bits per heavy atom. The molecule has 106 valence electrons. The molecule has 1 saturated heterocycles. The molecule has 3 nitrogen and oxygen atoms in total. The van der Waals surface area contributed by atoms with Crippen LogP contribution in [0.1, 0.15) is 31.4 Å². The van der Waals surface area contributed by atoms with Crippen molar-refractivity contribution in [1.29, 1.82) is 0 Å². The Kier molecular flexibility index (Phi) is 5.83. The maximum atomic E-state index is 5.26. The van der Waals surface area contributed by atoms with E-state index < -0.39 is 0 Å². The van der Waals surface area contributed by atoms with Gasteiger partial charge in [-0.2, -0.15) is 0 Å². The molecule has 2 rings (SSSR count). The van der Waals surface area contributed by atoms with Gasteiger partial charge in [0.05, 0.1) is 6.61 Å². The average molecular weight is 262 g/mol. The van der Waals surface area contributed by atoms with Crippen molar-refractivity contribution in [3.63, 3.8) is 0 Å². The molecule has 1 aliphatic rings. The molecule has 0 saturated carbocycles. The summed E-state index contributed by atoms with van der Waals surface area (Å²) in [7, 11) is 1.78. The van der Waals surface area contributed by atoms with Gasteiger partial charge in [0.1, 0.15) is 0 Å². The third-order valence-electron chi connectivity index (χ3n) is 4.03. The molecule has 1 aromatic rings. The zero-order valence-electron chi connectivity index (χ0n) is 12.1. The molecule has 0 aliphatic carbocycles. The molecule has 1 aliphatic heterocycles. The molecule has 3 heteroatoms. The van der Waals surface area contributed by atoms with E-state index in [0.29, 0.717) is 12.1 Å². The van der Waals surface area contributed by atoms with E-state index in [2.05, 4.69) is 47.5 Å². The molecular formula is C16H26N2O. The molecule has 1 heterocycles. The summed E-state index contributed by atoms with van der Waals surface area (Å²) in [5.41, 5.74) is 1.39. The Morgan fingerprint density at radius 2 is 2.16 bits per heavy atom. The lowest BCUT2D eigenvalue weighted by Gasteiger charge is -2.31. The van der Waals surface area contributed by atoms with Crippen LogP contribution in [-0.2, 0) is 4.74 Å². The van der Waals surface area contributed by atoms with Gasteiger partial charge < -0.3 is 10.1 Å². The van der Waals surface area contributed by atoms with Crippen molar-refractivity contribution in [1.82, 2.24) is 10.2 Å². The summed E-state index contributed by atoms with van der Waals surface area (Å²) >= 11 is 0. The standard InChI is InChI=1S/C16H26N2O/c1-14(15-7-4-3-5-8-15)18(11-12-19-2)13-16-9-6-10-17-16/h3-5,7-8,14,16-17H,6,9-13H2,1-2H3. The van der Waals surface area contributed by atoms with Gasteiger partial charge in [-0.25, -0.2) is 0 Å². The molecule has 0 bridgehead atoms. The number of methoxy groups -OCH3 is 1. The molecular weight excluding hydrogens is 236 g/mol. The largest absolute Gasteiger partial charge is 0.383 e. The summed E-state index contributed by atoms with van der Waals surface area (Å²) in [4.78, 5) is 2.53. The lowest BCUT2D eigenvalue weighted by atomic mass is 10.1. The van der Waals surface area contributed by atoms with Gasteiger partial charge in [-0.1, -0.05) is 30.3 Å². The van der Waals surface area contributed by atoms with Gasteiger partial charge in [0.25, 0.3) is 0 Å². The maximum Gasteiger partial charge on any atom is 0.0589 e. The summed E-state index contributed by atoms with van der Waals surface area (Å²) in [5, 5.41) is 3.59. The highest BCUT2D eigenvalue weighted by Gasteiger charge is 2.21. The third kappa shape index (κ3) is 4.30. The Balaban J connectivity index is 1.98. The molecule has 19 heavy (non-hydrogen) atoms. The van der Waals surface area contributed by atoms with Gasteiger partial charge in [0.2, 0.25) is 0 Å². The second-order valence-electron chi connectivity index (χ2n) is 5.37. The minimum atomic E-state index is 0.443. The van der Waals surface area contributed by atoms with Crippen molar-refractivity contribution in [2.45, 2.75) is 31.8 Å². The van der Waals surface area contributed by atoms with E-state index in [9.17, 15) is 0 Å². The van der Waals surface area contributed by atoms with Crippen molar-refractivity contribution in [3.8, 4) is 0 Å². The topological polar surface area (TPSA) is 24.5 Å². The first-order valence-electron chi connectivity index (χ1n) is 7.32. The summed E-state index contributed by atoms with van der Waals surface area (Å²) in [6.07, 6.45) is 2.60. The van der Waals surface area contributed by atoms with Crippen LogP contribution in [0.4, 0.5) is 0 Å². The molecule has 2 unspecified atom stereocenters. The second kappa shape index (κ2) is 7.63. The normalized spacial score (nSPS) is 20.9. The highest BCUT2D eigenvalue weighted by molar-refractivity contribution is 5.18. The highest BCUT2D eigenvalue weighted by Crippen LogP contribution is 2.21. The van der Waals surface area contributed by atoms with Crippen molar-refractivity contribution < 1.29 is 4.74 Å². The number of rotatable bonds is 7. The van der Waals surface area contributed by atoms with Gasteiger partial charge >= 0.3 is 0 Å². The molecule has 0 amide bonds. The minimum absolute atomic E-state index is 0.443. The number of benzene rings is 1. The molecule has 2 atom stereocenters. The number of hydrogen-bond donors (Lipinski definition) is 1. The fourth-order valence-electron chi connectivity index (χ4n) is 2.79. The molecule has 1 fully saturated rings. The Hall–Kier alpha value is -0.900. The van der Waals surface area contributed by atoms with E-state index in [1.54, 1.807) is 7.11 Å². The van der Waals surface area contributed by atoms with Gasteiger partial charge in [0, 0.05) is 32.3 Å². The summed E-state index contributed by atoms with van der Waals surface area (Å²) in [6, 6.07) is 11.8. The van der Waals surface area contributed by atoms with E-state index in [0.717, 1.165) is 19.7 Å². The van der Waals surface area contributed by atoms with Gasteiger partial charge in [-0.05, 0) is 31.9 Å². The fraction of sp³-hybridized carbons (Fsp3) is 0.625. The number of nitrogens with one attached hydrogen (secondary N) is 1. The van der Waals surface area contributed by atoms with Gasteiger partial charge in [-0.15, -0.1) is 0 Å². The van der Waals surface area contributed by atoms with Crippen LogP contribution in [0.5, 0.6) is 0 Å². The predicted molar refractivity (Wildman–Crippen MR) is 79.3 cm³/mol. The number of nitrogens with zero attached hydrogens (tertiary/aromatic N) is 1.